The molecule has 100 valence electrons. The number of fused-ring (bicyclic) bond motifs is 1. The molecule has 0 bridgehead atoms. The highest BCUT2D eigenvalue weighted by Crippen LogP contribution is 2.26. The molecule has 2 rings (SSSR count). The Bertz CT molecular complexity index is 574. The van der Waals surface area contributed by atoms with E-state index in [2.05, 4.69) is 15.9 Å². The van der Waals surface area contributed by atoms with Crippen LogP contribution in [0.5, 0.6) is 0 Å². The lowest BCUT2D eigenvalue weighted by Gasteiger charge is -2.16. The summed E-state index contributed by atoms with van der Waals surface area (Å²) in [5.41, 5.74) is -0.124. The molecule has 19 heavy (non-hydrogen) atoms. The Morgan fingerprint density at radius 3 is 2.53 bits per heavy atom. The number of β-amino-alcohol motifs (C(OH)–C–C–N with tert-alkyl or cyclic N) is 1. The molecule has 8 heteroatoms. The summed E-state index contributed by atoms with van der Waals surface area (Å²) in [5.74, 6) is -1.17. The highest BCUT2D eigenvalue weighted by Gasteiger charge is 2.37. The van der Waals surface area contributed by atoms with Crippen LogP contribution in [0, 0.1) is 10.1 Å². The highest BCUT2D eigenvalue weighted by molar-refractivity contribution is 9.09. The molecule has 1 unspecified atom stereocenters. The number of nitro groups is 1. The number of hydrogen-bond donors (Lipinski definition) is 1. The number of halogens is 1. The lowest BCUT2D eigenvalue weighted by molar-refractivity contribution is -0.384. The number of carbonyl (C=O) groups is 2. The van der Waals surface area contributed by atoms with Gasteiger partial charge in [0, 0.05) is 17.5 Å². The number of benzene rings is 1. The molecule has 1 aromatic carbocycles. The van der Waals surface area contributed by atoms with Crippen molar-refractivity contribution >= 4 is 33.4 Å². The minimum atomic E-state index is -0.878. The van der Waals surface area contributed by atoms with Crippen LogP contribution in [0.2, 0.25) is 0 Å². The second kappa shape index (κ2) is 5.06. The van der Waals surface area contributed by atoms with Gasteiger partial charge in [0.15, 0.2) is 0 Å². The van der Waals surface area contributed by atoms with Crippen molar-refractivity contribution in [1.82, 2.24) is 4.90 Å². The van der Waals surface area contributed by atoms with Crippen LogP contribution in [0.4, 0.5) is 5.69 Å². The normalized spacial score (nSPS) is 15.6. The number of amides is 2. The zero-order valence-electron chi connectivity index (χ0n) is 9.58. The first kappa shape index (κ1) is 13.6. The smallest absolute Gasteiger partial charge is 0.270 e. The minimum absolute atomic E-state index is 0.000900. The first-order valence-electron chi connectivity index (χ1n) is 5.34. The highest BCUT2D eigenvalue weighted by atomic mass is 79.9. The van der Waals surface area contributed by atoms with Crippen molar-refractivity contribution in [2.45, 2.75) is 6.10 Å². The van der Waals surface area contributed by atoms with Crippen LogP contribution in [0.1, 0.15) is 20.7 Å². The summed E-state index contributed by atoms with van der Waals surface area (Å²) in [6, 6.07) is 3.51. The first-order valence-corrected chi connectivity index (χ1v) is 6.46. The van der Waals surface area contributed by atoms with Gasteiger partial charge in [0.25, 0.3) is 17.5 Å². The Hall–Kier alpha value is -1.80. The van der Waals surface area contributed by atoms with Gasteiger partial charge in [-0.15, -0.1) is 0 Å². The number of imide groups is 1. The van der Waals surface area contributed by atoms with Crippen LogP contribution in [0.25, 0.3) is 0 Å². The molecule has 7 nitrogen and oxygen atoms in total. The zero-order chi connectivity index (χ0) is 14.2. The summed E-state index contributed by atoms with van der Waals surface area (Å²) in [7, 11) is 0. The topological polar surface area (TPSA) is 101 Å². The molecule has 1 atom stereocenters. The molecule has 0 aliphatic carbocycles. The Morgan fingerprint density at radius 1 is 1.32 bits per heavy atom. The van der Waals surface area contributed by atoms with E-state index in [-0.39, 0.29) is 28.7 Å². The SMILES string of the molecule is O=C1c2ccc([N+](=O)[O-])cc2C(=O)N1CC(O)CBr. The molecular weight excluding hydrogens is 320 g/mol. The molecule has 1 aliphatic heterocycles. The first-order chi connectivity index (χ1) is 8.95. The molecule has 2 amide bonds. The van der Waals surface area contributed by atoms with Gasteiger partial charge in [-0.2, -0.15) is 0 Å². The summed E-state index contributed by atoms with van der Waals surface area (Å²) in [6.07, 6.45) is -0.878. The maximum absolute atomic E-state index is 12.0. The van der Waals surface area contributed by atoms with E-state index in [0.29, 0.717) is 0 Å². The van der Waals surface area contributed by atoms with E-state index in [1.165, 1.54) is 12.1 Å². The van der Waals surface area contributed by atoms with Crippen molar-refractivity contribution in [2.75, 3.05) is 11.9 Å². The summed E-state index contributed by atoms with van der Waals surface area (Å²) in [6.45, 7) is -0.147. The number of aliphatic hydroxyl groups excluding tert-OH is 1. The van der Waals surface area contributed by atoms with Gasteiger partial charge in [-0.3, -0.25) is 24.6 Å². The third kappa shape index (κ3) is 2.36. The van der Waals surface area contributed by atoms with Gasteiger partial charge in [-0.1, -0.05) is 15.9 Å². The van der Waals surface area contributed by atoms with Gasteiger partial charge < -0.3 is 5.11 Å². The molecule has 1 N–H and O–H groups in total. The number of non-ortho nitro benzene ring substituents is 1. The monoisotopic (exact) mass is 328 g/mol. The maximum Gasteiger partial charge on any atom is 0.270 e. The number of aliphatic hydroxyl groups is 1. The van der Waals surface area contributed by atoms with Gasteiger partial charge in [-0.05, 0) is 6.07 Å². The largest absolute Gasteiger partial charge is 0.390 e. The Morgan fingerprint density at radius 2 is 1.95 bits per heavy atom. The van der Waals surface area contributed by atoms with Crippen LogP contribution in [-0.2, 0) is 0 Å². The molecule has 0 aromatic heterocycles. The van der Waals surface area contributed by atoms with Crippen LogP contribution in [0.15, 0.2) is 18.2 Å². The molecule has 0 spiro atoms. The molecule has 0 fully saturated rings. The van der Waals surface area contributed by atoms with Gasteiger partial charge >= 0.3 is 0 Å². The van der Waals surface area contributed by atoms with E-state index in [1.807, 2.05) is 0 Å². The number of alkyl halides is 1. The summed E-state index contributed by atoms with van der Waals surface area (Å²) < 4.78 is 0. The molecule has 0 saturated heterocycles. The second-order valence-corrected chi connectivity index (χ2v) is 4.66. The number of nitrogens with zero attached hydrogens (tertiary/aromatic N) is 2. The fourth-order valence-electron chi connectivity index (χ4n) is 1.82. The molecule has 1 aliphatic rings. The summed E-state index contributed by atoms with van der Waals surface area (Å²) in [5, 5.41) is 20.3. The molecule has 0 saturated carbocycles. The van der Waals surface area contributed by atoms with Crippen LogP contribution in [0.3, 0.4) is 0 Å². The third-order valence-corrected chi connectivity index (χ3v) is 3.48. The number of rotatable bonds is 4. The Labute approximate surface area is 116 Å². The summed E-state index contributed by atoms with van der Waals surface area (Å²) in [4.78, 5) is 34.8. The lowest BCUT2D eigenvalue weighted by Crippen LogP contribution is -2.37. The van der Waals surface area contributed by atoms with Crippen LogP contribution < -0.4 is 0 Å². The molecule has 0 radical (unpaired) electrons. The van der Waals surface area contributed by atoms with Crippen molar-refractivity contribution in [3.63, 3.8) is 0 Å². The van der Waals surface area contributed by atoms with Crippen molar-refractivity contribution in [3.8, 4) is 0 Å². The Kier molecular flexibility index (Phi) is 3.63. The van der Waals surface area contributed by atoms with E-state index in [9.17, 15) is 24.8 Å². The van der Waals surface area contributed by atoms with Crippen molar-refractivity contribution in [1.29, 1.82) is 0 Å². The third-order valence-electron chi connectivity index (χ3n) is 2.74. The predicted molar refractivity (Wildman–Crippen MR) is 68.3 cm³/mol. The van der Waals surface area contributed by atoms with Gasteiger partial charge in [0.2, 0.25) is 0 Å². The molecular formula is C11H9BrN2O5. The van der Waals surface area contributed by atoms with Gasteiger partial charge in [-0.25, -0.2) is 0 Å². The van der Waals surface area contributed by atoms with E-state index in [4.69, 9.17) is 0 Å². The lowest BCUT2D eigenvalue weighted by atomic mass is 10.1. The standard InChI is InChI=1S/C11H9BrN2O5/c12-4-7(15)5-13-10(16)8-2-1-6(14(18)19)3-9(8)11(13)17/h1-3,7,15H,4-5H2. The maximum atomic E-state index is 12.0. The van der Waals surface area contributed by atoms with Crippen molar-refractivity contribution in [2.24, 2.45) is 0 Å². The molecule has 1 aromatic rings. The average molecular weight is 329 g/mol. The Balaban J connectivity index is 2.36. The number of nitro benzene ring substituents is 1. The van der Waals surface area contributed by atoms with Crippen LogP contribution >= 0.6 is 15.9 Å². The zero-order valence-corrected chi connectivity index (χ0v) is 11.2. The van der Waals surface area contributed by atoms with E-state index < -0.39 is 22.8 Å². The minimum Gasteiger partial charge on any atom is -0.390 e. The fraction of sp³-hybridized carbons (Fsp3) is 0.273. The fourth-order valence-corrected chi connectivity index (χ4v) is 2.02. The van der Waals surface area contributed by atoms with Crippen LogP contribution in [-0.4, -0.2) is 44.7 Å². The number of carbonyl (C=O) groups excluding carboxylic acids is 2. The molecule has 1 heterocycles. The quantitative estimate of drug-likeness (QED) is 0.384. The van der Waals surface area contributed by atoms with E-state index in [0.717, 1.165) is 11.0 Å². The van der Waals surface area contributed by atoms with E-state index >= 15 is 0 Å². The van der Waals surface area contributed by atoms with E-state index in [1.54, 1.807) is 0 Å². The number of hydrogen-bond acceptors (Lipinski definition) is 5. The predicted octanol–water partition coefficient (Wildman–Crippen LogP) is 0.947. The second-order valence-electron chi connectivity index (χ2n) is 4.02. The van der Waals surface area contributed by atoms with Gasteiger partial charge in [0.1, 0.15) is 0 Å². The average Bonchev–Trinajstić information content (AvgIpc) is 2.63. The van der Waals surface area contributed by atoms with Gasteiger partial charge in [0.05, 0.1) is 28.7 Å². The van der Waals surface area contributed by atoms with Crippen molar-refractivity contribution in [3.05, 3.63) is 39.4 Å². The van der Waals surface area contributed by atoms with Crippen molar-refractivity contribution < 1.29 is 19.6 Å². The summed E-state index contributed by atoms with van der Waals surface area (Å²) >= 11 is 3.04.